The standard InChI is InChI=1S/C40H29NO/c1-2-9-34-29(7-1)8-5-11-35(34)30-17-15-27(16-18-30)28-19-23-32(24-20-28)41-33-25-21-31(22-26-33)36-12-6-13-38-37-10-3-4-14-39(37)42-40(36)38/h1-4,6-7,9-26,41H,5,8H2. The molecule has 0 aliphatic heterocycles. The lowest BCUT2D eigenvalue weighted by atomic mass is 9.86. The van der Waals surface area contributed by atoms with Gasteiger partial charge < -0.3 is 9.73 Å². The molecule has 1 aliphatic carbocycles. The van der Waals surface area contributed by atoms with Crippen LogP contribution in [0.3, 0.4) is 0 Å². The molecule has 0 unspecified atom stereocenters. The first-order valence-electron chi connectivity index (χ1n) is 14.6. The molecule has 7 aromatic rings. The van der Waals surface area contributed by atoms with Crippen molar-refractivity contribution in [2.75, 3.05) is 5.32 Å². The van der Waals surface area contributed by atoms with E-state index in [0.717, 1.165) is 57.3 Å². The monoisotopic (exact) mass is 539 g/mol. The van der Waals surface area contributed by atoms with Crippen LogP contribution in [0.1, 0.15) is 23.1 Å². The van der Waals surface area contributed by atoms with E-state index in [1.807, 2.05) is 12.1 Å². The van der Waals surface area contributed by atoms with Gasteiger partial charge in [-0.25, -0.2) is 0 Å². The van der Waals surface area contributed by atoms with Gasteiger partial charge in [-0.15, -0.1) is 0 Å². The number of aryl methyl sites for hydroxylation is 1. The fourth-order valence-corrected chi connectivity index (χ4v) is 6.22. The van der Waals surface area contributed by atoms with Gasteiger partial charge in [0.2, 0.25) is 0 Å². The Morgan fingerprint density at radius 2 is 1.07 bits per heavy atom. The number of anilines is 2. The molecule has 0 saturated heterocycles. The second-order valence-electron chi connectivity index (χ2n) is 11.0. The molecule has 1 N–H and O–H groups in total. The maximum Gasteiger partial charge on any atom is 0.143 e. The minimum Gasteiger partial charge on any atom is -0.455 e. The van der Waals surface area contributed by atoms with Crippen molar-refractivity contribution in [3.05, 3.63) is 162 Å². The summed E-state index contributed by atoms with van der Waals surface area (Å²) in [6.07, 6.45) is 4.60. The van der Waals surface area contributed by atoms with Crippen LogP contribution in [0.4, 0.5) is 11.4 Å². The summed E-state index contributed by atoms with van der Waals surface area (Å²) in [6.45, 7) is 0. The first kappa shape index (κ1) is 24.5. The molecule has 0 radical (unpaired) electrons. The summed E-state index contributed by atoms with van der Waals surface area (Å²) in [7, 11) is 0. The van der Waals surface area contributed by atoms with E-state index in [-0.39, 0.29) is 0 Å². The van der Waals surface area contributed by atoms with Gasteiger partial charge in [-0.3, -0.25) is 0 Å². The van der Waals surface area contributed by atoms with Crippen LogP contribution in [0.2, 0.25) is 0 Å². The molecule has 1 heterocycles. The van der Waals surface area contributed by atoms with Gasteiger partial charge in [0.15, 0.2) is 0 Å². The number of benzene rings is 6. The number of nitrogens with one attached hydrogen (secondary N) is 1. The molecule has 0 fully saturated rings. The molecular formula is C40H29NO. The highest BCUT2D eigenvalue weighted by Crippen LogP contribution is 2.36. The fraction of sp³-hybridized carbons (Fsp3) is 0.0500. The van der Waals surface area contributed by atoms with E-state index >= 15 is 0 Å². The Bertz CT molecular complexity index is 2080. The topological polar surface area (TPSA) is 25.2 Å². The van der Waals surface area contributed by atoms with E-state index in [4.69, 9.17) is 4.42 Å². The van der Waals surface area contributed by atoms with E-state index in [1.165, 1.54) is 33.4 Å². The van der Waals surface area contributed by atoms with Crippen LogP contribution in [-0.4, -0.2) is 0 Å². The number of allylic oxidation sites excluding steroid dienone is 1. The summed E-state index contributed by atoms with van der Waals surface area (Å²) in [6, 6.07) is 49.6. The molecule has 42 heavy (non-hydrogen) atoms. The van der Waals surface area contributed by atoms with Gasteiger partial charge in [-0.2, -0.15) is 0 Å². The molecule has 0 spiro atoms. The summed E-state index contributed by atoms with van der Waals surface area (Å²) < 4.78 is 6.24. The minimum atomic E-state index is 0.921. The van der Waals surface area contributed by atoms with Crippen LogP contribution in [0.25, 0.3) is 49.8 Å². The molecule has 0 saturated carbocycles. The molecule has 0 bridgehead atoms. The van der Waals surface area contributed by atoms with Crippen molar-refractivity contribution in [2.45, 2.75) is 12.8 Å². The van der Waals surface area contributed by atoms with Crippen LogP contribution in [-0.2, 0) is 6.42 Å². The molecule has 6 aromatic carbocycles. The fourth-order valence-electron chi connectivity index (χ4n) is 6.22. The molecule has 0 amide bonds. The third kappa shape index (κ3) is 4.38. The Morgan fingerprint density at radius 3 is 1.86 bits per heavy atom. The normalized spacial score (nSPS) is 12.7. The highest BCUT2D eigenvalue weighted by molar-refractivity contribution is 6.09. The number of para-hydroxylation sites is 2. The van der Waals surface area contributed by atoms with Gasteiger partial charge in [0.25, 0.3) is 0 Å². The number of hydrogen-bond donors (Lipinski definition) is 1. The second kappa shape index (κ2) is 10.2. The summed E-state index contributed by atoms with van der Waals surface area (Å²) >= 11 is 0. The van der Waals surface area contributed by atoms with E-state index in [0.29, 0.717) is 0 Å². The predicted octanol–water partition coefficient (Wildman–Crippen LogP) is 11.0. The van der Waals surface area contributed by atoms with Crippen molar-refractivity contribution < 1.29 is 4.42 Å². The van der Waals surface area contributed by atoms with E-state index < -0.39 is 0 Å². The quantitative estimate of drug-likeness (QED) is 0.235. The lowest BCUT2D eigenvalue weighted by Gasteiger charge is -2.18. The molecular weight excluding hydrogens is 510 g/mol. The lowest BCUT2D eigenvalue weighted by Crippen LogP contribution is -2.00. The van der Waals surface area contributed by atoms with E-state index in [2.05, 4.69) is 139 Å². The molecule has 0 atom stereocenters. The molecule has 200 valence electrons. The van der Waals surface area contributed by atoms with Crippen LogP contribution in [0.15, 0.2) is 150 Å². The lowest BCUT2D eigenvalue weighted by molar-refractivity contribution is 0.670. The summed E-state index contributed by atoms with van der Waals surface area (Å²) in [5.74, 6) is 0. The van der Waals surface area contributed by atoms with Gasteiger partial charge in [0.1, 0.15) is 11.2 Å². The summed E-state index contributed by atoms with van der Waals surface area (Å²) in [5, 5.41) is 5.85. The smallest absolute Gasteiger partial charge is 0.143 e. The Labute approximate surface area is 245 Å². The number of fused-ring (bicyclic) bond motifs is 4. The zero-order valence-electron chi connectivity index (χ0n) is 23.2. The van der Waals surface area contributed by atoms with Gasteiger partial charge in [-0.05, 0) is 82.1 Å². The predicted molar refractivity (Wildman–Crippen MR) is 176 cm³/mol. The van der Waals surface area contributed by atoms with Gasteiger partial charge in [0, 0.05) is 27.7 Å². The number of rotatable bonds is 5. The maximum absolute atomic E-state index is 6.24. The zero-order chi connectivity index (χ0) is 27.9. The van der Waals surface area contributed by atoms with Crippen molar-refractivity contribution in [3.63, 3.8) is 0 Å². The van der Waals surface area contributed by atoms with Crippen LogP contribution in [0.5, 0.6) is 0 Å². The summed E-state index contributed by atoms with van der Waals surface area (Å²) in [4.78, 5) is 0. The Kier molecular flexibility index (Phi) is 5.97. The van der Waals surface area contributed by atoms with Crippen molar-refractivity contribution in [1.29, 1.82) is 0 Å². The Hall–Kier alpha value is -5.34. The SMILES string of the molecule is C1=C(c2ccc(-c3ccc(Nc4ccc(-c5cccc6c5oc5ccccc56)cc4)cc3)cc2)c2ccccc2CC1. The van der Waals surface area contributed by atoms with Crippen LogP contribution in [0, 0.1) is 0 Å². The molecule has 8 rings (SSSR count). The van der Waals surface area contributed by atoms with E-state index in [9.17, 15) is 0 Å². The second-order valence-corrected chi connectivity index (χ2v) is 11.0. The van der Waals surface area contributed by atoms with Gasteiger partial charge in [0.05, 0.1) is 0 Å². The zero-order valence-corrected chi connectivity index (χ0v) is 23.2. The molecule has 2 nitrogen and oxygen atoms in total. The van der Waals surface area contributed by atoms with Crippen molar-refractivity contribution in [2.24, 2.45) is 0 Å². The van der Waals surface area contributed by atoms with Crippen molar-refractivity contribution >= 4 is 38.9 Å². The first-order valence-corrected chi connectivity index (χ1v) is 14.6. The number of hydrogen-bond acceptors (Lipinski definition) is 2. The van der Waals surface area contributed by atoms with Crippen LogP contribution >= 0.6 is 0 Å². The average molecular weight is 540 g/mol. The Balaban J connectivity index is 0.989. The van der Waals surface area contributed by atoms with E-state index in [1.54, 1.807) is 0 Å². The molecule has 2 heteroatoms. The van der Waals surface area contributed by atoms with Crippen molar-refractivity contribution in [1.82, 2.24) is 0 Å². The van der Waals surface area contributed by atoms with Gasteiger partial charge in [-0.1, -0.05) is 115 Å². The maximum atomic E-state index is 6.24. The summed E-state index contributed by atoms with van der Waals surface area (Å²) in [5.41, 5.74) is 14.1. The van der Waals surface area contributed by atoms with Crippen LogP contribution < -0.4 is 5.32 Å². The number of furan rings is 1. The third-order valence-electron chi connectivity index (χ3n) is 8.37. The molecule has 1 aromatic heterocycles. The minimum absolute atomic E-state index is 0.921. The van der Waals surface area contributed by atoms with Crippen molar-refractivity contribution in [3.8, 4) is 22.3 Å². The third-order valence-corrected chi connectivity index (χ3v) is 8.37. The molecule has 1 aliphatic rings. The largest absolute Gasteiger partial charge is 0.455 e. The highest BCUT2D eigenvalue weighted by Gasteiger charge is 2.14. The first-order chi connectivity index (χ1) is 20.8. The van der Waals surface area contributed by atoms with Gasteiger partial charge >= 0.3 is 0 Å². The highest BCUT2D eigenvalue weighted by atomic mass is 16.3. The average Bonchev–Trinajstić information content (AvgIpc) is 3.44. The Morgan fingerprint density at radius 1 is 0.476 bits per heavy atom.